The van der Waals surface area contributed by atoms with Crippen LogP contribution in [0.3, 0.4) is 0 Å². The fourth-order valence-corrected chi connectivity index (χ4v) is 5.17. The van der Waals surface area contributed by atoms with Crippen LogP contribution in [-0.2, 0) is 14.2 Å². The minimum atomic E-state index is -1.89. The molecule has 0 unspecified atom stereocenters. The van der Waals surface area contributed by atoms with Gasteiger partial charge in [0, 0.05) is 17.7 Å². The van der Waals surface area contributed by atoms with Crippen LogP contribution in [0.2, 0.25) is 0 Å². The third kappa shape index (κ3) is 6.17. The van der Waals surface area contributed by atoms with Gasteiger partial charge in [0.1, 0.15) is 65.2 Å². The number of phenolic OH excluding ortho intramolecular Hbond substituents is 1. The van der Waals surface area contributed by atoms with Crippen LogP contribution in [0, 0.1) is 0 Å². The molecule has 0 bridgehead atoms. The largest absolute Gasteiger partial charge is 0.504 e. The van der Waals surface area contributed by atoms with Crippen LogP contribution in [-0.4, -0.2) is 130 Å². The number of hydrogen-bond acceptors (Lipinski definition) is 16. The Labute approximate surface area is 254 Å². The van der Waals surface area contributed by atoms with Gasteiger partial charge in [0.15, 0.2) is 29.3 Å². The minimum absolute atomic E-state index is 0.0719. The van der Waals surface area contributed by atoms with Crippen molar-refractivity contribution in [3.8, 4) is 34.3 Å². The van der Waals surface area contributed by atoms with Gasteiger partial charge in [0.05, 0.1) is 27.4 Å². The molecule has 16 nitrogen and oxygen atoms in total. The number of aromatic hydroxyl groups is 1. The predicted molar refractivity (Wildman–Crippen MR) is 150 cm³/mol. The first-order chi connectivity index (χ1) is 21.5. The molecule has 5 rings (SSSR count). The Hall–Kier alpha value is -3.55. The zero-order valence-corrected chi connectivity index (χ0v) is 24.0. The van der Waals surface area contributed by atoms with Crippen LogP contribution in [0.5, 0.6) is 23.0 Å². The van der Waals surface area contributed by atoms with Crippen molar-refractivity contribution in [3.05, 3.63) is 46.6 Å². The lowest BCUT2D eigenvalue weighted by molar-refractivity contribution is -0.358. The lowest BCUT2D eigenvalue weighted by Gasteiger charge is -2.45. The summed E-state index contributed by atoms with van der Waals surface area (Å²) in [7, 11) is 2.74. The third-order valence-electron chi connectivity index (χ3n) is 7.71. The Morgan fingerprint density at radius 2 is 1.40 bits per heavy atom. The van der Waals surface area contributed by atoms with Crippen molar-refractivity contribution in [2.24, 2.45) is 0 Å². The first kappa shape index (κ1) is 32.8. The molecular weight excluding hydrogens is 604 g/mol. The second-order valence-electron chi connectivity index (χ2n) is 10.5. The van der Waals surface area contributed by atoms with Crippen LogP contribution in [0.15, 0.2) is 45.6 Å². The van der Waals surface area contributed by atoms with Gasteiger partial charge in [-0.05, 0) is 24.3 Å². The molecule has 0 amide bonds. The maximum Gasteiger partial charge on any atom is 0.230 e. The maximum atomic E-state index is 13.2. The van der Waals surface area contributed by atoms with Gasteiger partial charge < -0.3 is 73.7 Å². The number of fused-ring (bicyclic) bond motifs is 1. The molecule has 2 aliphatic heterocycles. The molecule has 0 spiro atoms. The van der Waals surface area contributed by atoms with E-state index in [1.165, 1.54) is 20.3 Å². The number of hydrogen-bond donors (Lipinski definition) is 8. The highest BCUT2D eigenvalue weighted by Crippen LogP contribution is 2.44. The van der Waals surface area contributed by atoms with E-state index in [4.69, 9.17) is 32.8 Å². The van der Waals surface area contributed by atoms with E-state index in [0.29, 0.717) is 11.3 Å². The first-order valence-corrected chi connectivity index (χ1v) is 13.8. The van der Waals surface area contributed by atoms with E-state index in [1.807, 2.05) is 0 Å². The quantitative estimate of drug-likeness (QED) is 0.129. The lowest BCUT2D eigenvalue weighted by Crippen LogP contribution is -2.65. The zero-order chi connectivity index (χ0) is 32.6. The number of ether oxygens (including phenoxy) is 6. The number of aliphatic hydroxyl groups excluding tert-OH is 7. The summed E-state index contributed by atoms with van der Waals surface area (Å²) in [6.45, 7) is -1.56. The number of aliphatic hydroxyl groups is 7. The molecule has 1 aromatic heterocycles. The standard InChI is InChI=1S/C29H34O16/c1-39-12-5-3-11(4-6-12)14-7-13(32)19-15(41-14)8-16(40-2)26(22(19)35)44-29-27(24(37)21(34)18(10-31)43-29)45-28-25(38)23(36)20(33)17(9-30)42-28/h3-8,17-18,20-21,23-25,27-31,33-38H,9-10H2,1-2H3/t17-,18-,20-,21-,23+,24+,25-,27-,28+,29+/m1/s1. The maximum absolute atomic E-state index is 13.2. The second-order valence-corrected chi connectivity index (χ2v) is 10.5. The average Bonchev–Trinajstić information content (AvgIpc) is 3.04. The smallest absolute Gasteiger partial charge is 0.230 e. The van der Waals surface area contributed by atoms with Gasteiger partial charge >= 0.3 is 0 Å². The summed E-state index contributed by atoms with van der Waals surface area (Å²) in [5, 5.41) is 82.4. The van der Waals surface area contributed by atoms with Gasteiger partial charge in [-0.3, -0.25) is 4.79 Å². The molecule has 2 aliphatic rings. The third-order valence-corrected chi connectivity index (χ3v) is 7.71. The Morgan fingerprint density at radius 1 is 0.778 bits per heavy atom. The topological polar surface area (TPSA) is 247 Å². The highest BCUT2D eigenvalue weighted by molar-refractivity contribution is 5.89. The van der Waals surface area contributed by atoms with Crippen molar-refractivity contribution in [3.63, 3.8) is 0 Å². The fourth-order valence-electron chi connectivity index (χ4n) is 5.17. The zero-order valence-electron chi connectivity index (χ0n) is 24.0. The normalized spacial score (nSPS) is 31.9. The van der Waals surface area contributed by atoms with E-state index in [1.54, 1.807) is 24.3 Å². The molecule has 0 saturated carbocycles. The first-order valence-electron chi connectivity index (χ1n) is 13.8. The van der Waals surface area contributed by atoms with Crippen molar-refractivity contribution in [1.29, 1.82) is 0 Å². The molecule has 45 heavy (non-hydrogen) atoms. The summed E-state index contributed by atoms with van der Waals surface area (Å²) in [6.07, 6.45) is -17.2. The molecule has 16 heteroatoms. The minimum Gasteiger partial charge on any atom is -0.504 e. The summed E-state index contributed by atoms with van der Waals surface area (Å²) in [6, 6.07) is 9.11. The fraction of sp³-hybridized carbons (Fsp3) is 0.483. The molecule has 0 aliphatic carbocycles. The van der Waals surface area contributed by atoms with E-state index in [9.17, 15) is 45.6 Å². The van der Waals surface area contributed by atoms with Gasteiger partial charge in [0.25, 0.3) is 0 Å². The van der Waals surface area contributed by atoms with Crippen molar-refractivity contribution < 1.29 is 73.7 Å². The number of benzene rings is 2. The summed E-state index contributed by atoms with van der Waals surface area (Å²) >= 11 is 0. The Morgan fingerprint density at radius 3 is 2.00 bits per heavy atom. The average molecular weight is 639 g/mol. The molecule has 246 valence electrons. The molecule has 3 heterocycles. The molecule has 10 atom stereocenters. The van der Waals surface area contributed by atoms with Crippen LogP contribution >= 0.6 is 0 Å². The summed E-state index contributed by atoms with van der Waals surface area (Å²) in [4.78, 5) is 13.2. The van der Waals surface area contributed by atoms with E-state index in [2.05, 4.69) is 0 Å². The Balaban J connectivity index is 1.51. The van der Waals surface area contributed by atoms with Crippen molar-refractivity contribution in [2.45, 2.75) is 61.4 Å². The highest BCUT2D eigenvalue weighted by atomic mass is 16.8. The Kier molecular flexibility index (Phi) is 9.80. The van der Waals surface area contributed by atoms with Crippen LogP contribution < -0.4 is 19.6 Å². The van der Waals surface area contributed by atoms with Crippen LogP contribution in [0.4, 0.5) is 0 Å². The van der Waals surface area contributed by atoms with E-state index < -0.39 is 91.6 Å². The van der Waals surface area contributed by atoms with E-state index >= 15 is 0 Å². The summed E-state index contributed by atoms with van der Waals surface area (Å²) < 4.78 is 38.9. The van der Waals surface area contributed by atoms with Gasteiger partial charge in [-0.25, -0.2) is 0 Å². The lowest BCUT2D eigenvalue weighted by atomic mass is 9.97. The number of phenols is 1. The van der Waals surface area contributed by atoms with E-state index in [-0.39, 0.29) is 22.5 Å². The Bertz CT molecular complexity index is 1520. The molecule has 2 fully saturated rings. The molecule has 2 saturated heterocycles. The van der Waals surface area contributed by atoms with Crippen LogP contribution in [0.25, 0.3) is 22.3 Å². The van der Waals surface area contributed by atoms with Gasteiger partial charge in [-0.15, -0.1) is 0 Å². The van der Waals surface area contributed by atoms with Crippen molar-refractivity contribution >= 4 is 11.0 Å². The summed E-state index contributed by atoms with van der Waals surface area (Å²) in [5.41, 5.74) is -0.188. The van der Waals surface area contributed by atoms with Gasteiger partial charge in [0.2, 0.25) is 12.0 Å². The molecule has 2 aromatic carbocycles. The van der Waals surface area contributed by atoms with Gasteiger partial charge in [-0.2, -0.15) is 0 Å². The molecule has 0 radical (unpaired) electrons. The number of methoxy groups -OCH3 is 2. The molecular formula is C29H34O16. The van der Waals surface area contributed by atoms with E-state index in [0.717, 1.165) is 6.07 Å². The number of rotatable bonds is 9. The highest BCUT2D eigenvalue weighted by Gasteiger charge is 2.51. The second kappa shape index (κ2) is 13.4. The van der Waals surface area contributed by atoms with Gasteiger partial charge in [-0.1, -0.05) is 0 Å². The monoisotopic (exact) mass is 638 g/mol. The molecule has 8 N–H and O–H groups in total. The predicted octanol–water partition coefficient (Wildman–Crippen LogP) is -1.81. The van der Waals surface area contributed by atoms with Crippen molar-refractivity contribution in [1.82, 2.24) is 0 Å². The summed E-state index contributed by atoms with van der Waals surface area (Å²) in [5.74, 6) is -0.608. The van der Waals surface area contributed by atoms with Crippen LogP contribution in [0.1, 0.15) is 0 Å². The van der Waals surface area contributed by atoms with Crippen molar-refractivity contribution in [2.75, 3.05) is 27.4 Å². The SMILES string of the molecule is COc1ccc(-c2cc(=O)c3c(O)c(O[C@@H]4O[C@H](CO)[C@@H](O)[C@H](O)[C@H]4O[C@@H]4O[C@H](CO)[C@@H](O)[C@H](O)[C@H]4O)c(OC)cc3o2)cc1. The molecule has 3 aromatic rings.